The first-order valence-electron chi connectivity index (χ1n) is 10.2. The van der Waals surface area contributed by atoms with Crippen LogP contribution in [0.2, 0.25) is 0 Å². The summed E-state index contributed by atoms with van der Waals surface area (Å²) in [6.07, 6.45) is 4.18. The molecule has 1 amide bonds. The lowest BCUT2D eigenvalue weighted by Crippen LogP contribution is -2.34. The zero-order valence-corrected chi connectivity index (χ0v) is 18.1. The monoisotopic (exact) mass is 437 g/mol. The Labute approximate surface area is 184 Å². The van der Waals surface area contributed by atoms with E-state index in [0.717, 1.165) is 42.5 Å². The van der Waals surface area contributed by atoms with E-state index in [2.05, 4.69) is 0 Å². The maximum absolute atomic E-state index is 13.2. The van der Waals surface area contributed by atoms with Gasteiger partial charge in [-0.05, 0) is 49.8 Å². The van der Waals surface area contributed by atoms with Crippen molar-refractivity contribution in [3.05, 3.63) is 80.3 Å². The van der Waals surface area contributed by atoms with Gasteiger partial charge in [-0.2, -0.15) is 0 Å². The first kappa shape index (κ1) is 21.0. The molecule has 0 atom stereocenters. The highest BCUT2D eigenvalue weighted by Crippen LogP contribution is 2.33. The second kappa shape index (κ2) is 9.26. The molecule has 0 spiro atoms. The summed E-state index contributed by atoms with van der Waals surface area (Å²) < 4.78 is 5.60. The van der Waals surface area contributed by atoms with Gasteiger partial charge in [0, 0.05) is 10.9 Å². The third-order valence-electron chi connectivity index (χ3n) is 5.21. The number of thiazole rings is 1. The van der Waals surface area contributed by atoms with Crippen LogP contribution in [0.4, 0.5) is 10.8 Å². The number of anilines is 1. The van der Waals surface area contributed by atoms with E-state index in [1.807, 2.05) is 30.3 Å². The number of nitrogens with zero attached hydrogens (tertiary/aromatic N) is 3. The number of fused-ring (bicyclic) bond motifs is 1. The Bertz CT molecular complexity index is 1070. The summed E-state index contributed by atoms with van der Waals surface area (Å²) in [7, 11) is 0. The molecule has 1 aliphatic carbocycles. The van der Waals surface area contributed by atoms with E-state index in [4.69, 9.17) is 9.72 Å². The van der Waals surface area contributed by atoms with Crippen molar-refractivity contribution in [3.8, 4) is 5.75 Å². The van der Waals surface area contributed by atoms with E-state index in [1.54, 1.807) is 29.2 Å². The fourth-order valence-corrected chi connectivity index (χ4v) is 4.76. The molecular weight excluding hydrogens is 414 g/mol. The van der Waals surface area contributed by atoms with E-state index in [9.17, 15) is 14.9 Å². The maximum Gasteiger partial charge on any atom is 0.311 e. The third-order valence-corrected chi connectivity index (χ3v) is 6.39. The highest BCUT2D eigenvalue weighted by Gasteiger charge is 2.25. The van der Waals surface area contributed by atoms with Gasteiger partial charge in [0.1, 0.15) is 0 Å². The molecule has 3 aromatic rings. The molecule has 31 heavy (non-hydrogen) atoms. The van der Waals surface area contributed by atoms with Gasteiger partial charge in [0.25, 0.3) is 5.91 Å². The van der Waals surface area contributed by atoms with Crippen molar-refractivity contribution in [3.63, 3.8) is 0 Å². The summed E-state index contributed by atoms with van der Waals surface area (Å²) in [4.78, 5) is 31.6. The molecule has 0 saturated heterocycles. The van der Waals surface area contributed by atoms with Crippen molar-refractivity contribution < 1.29 is 14.5 Å². The number of aromatic nitrogens is 1. The standard InChI is InChI=1S/C23H23N3O4S/c1-16-11-12-20(19(13-16)26(28)29)30-15-22(27)25(14-17-7-3-2-4-8-17)23-24-18-9-5-6-10-21(18)31-23/h2-4,7-8,11-13H,5-6,9-10,14-15H2,1H3. The summed E-state index contributed by atoms with van der Waals surface area (Å²) in [5.41, 5.74) is 2.66. The predicted octanol–water partition coefficient (Wildman–Crippen LogP) is 4.85. The minimum atomic E-state index is -0.497. The largest absolute Gasteiger partial charge is 0.477 e. The highest BCUT2D eigenvalue weighted by atomic mass is 32.1. The topological polar surface area (TPSA) is 85.6 Å². The molecule has 160 valence electrons. The average Bonchev–Trinajstić information content (AvgIpc) is 3.21. The van der Waals surface area contributed by atoms with E-state index in [0.29, 0.717) is 11.7 Å². The van der Waals surface area contributed by atoms with Crippen LogP contribution in [0.15, 0.2) is 48.5 Å². The SMILES string of the molecule is Cc1ccc(OCC(=O)N(Cc2ccccc2)c2nc3c(s2)CCCC3)c([N+](=O)[O-])c1. The molecule has 0 bridgehead atoms. The highest BCUT2D eigenvalue weighted by molar-refractivity contribution is 7.15. The van der Waals surface area contributed by atoms with E-state index in [1.165, 1.54) is 17.0 Å². The molecule has 8 heteroatoms. The van der Waals surface area contributed by atoms with Gasteiger partial charge >= 0.3 is 5.69 Å². The third kappa shape index (κ3) is 4.91. The van der Waals surface area contributed by atoms with Crippen LogP contribution in [-0.4, -0.2) is 22.4 Å². The fourth-order valence-electron chi connectivity index (χ4n) is 3.59. The number of hydrogen-bond donors (Lipinski definition) is 0. The maximum atomic E-state index is 13.2. The molecule has 4 rings (SSSR count). The first-order chi connectivity index (χ1) is 15.0. The van der Waals surface area contributed by atoms with Gasteiger partial charge in [-0.25, -0.2) is 4.98 Å². The first-order valence-corrected chi connectivity index (χ1v) is 11.0. The van der Waals surface area contributed by atoms with Gasteiger partial charge in [-0.3, -0.25) is 19.8 Å². The molecule has 0 saturated carbocycles. The number of carbonyl (C=O) groups excluding carboxylic acids is 1. The second-order valence-electron chi connectivity index (χ2n) is 7.56. The lowest BCUT2D eigenvalue weighted by atomic mass is 10.0. The Kier molecular flexibility index (Phi) is 6.27. The van der Waals surface area contributed by atoms with E-state index < -0.39 is 4.92 Å². The molecule has 1 aromatic heterocycles. The van der Waals surface area contributed by atoms with Gasteiger partial charge in [0.2, 0.25) is 0 Å². The molecule has 2 aromatic carbocycles. The van der Waals surface area contributed by atoms with Crippen LogP contribution < -0.4 is 9.64 Å². The molecule has 7 nitrogen and oxygen atoms in total. The summed E-state index contributed by atoms with van der Waals surface area (Å²) in [5, 5.41) is 12.0. The molecule has 0 N–H and O–H groups in total. The normalized spacial score (nSPS) is 12.8. The Hall–Kier alpha value is -3.26. The van der Waals surface area contributed by atoms with Gasteiger partial charge in [-0.15, -0.1) is 11.3 Å². The molecular formula is C23H23N3O4S. The number of carbonyl (C=O) groups is 1. The van der Waals surface area contributed by atoms with Crippen LogP contribution in [0.5, 0.6) is 5.75 Å². The molecule has 0 unspecified atom stereocenters. The Morgan fingerprint density at radius 2 is 1.97 bits per heavy atom. The van der Waals surface area contributed by atoms with Crippen molar-refractivity contribution in [2.45, 2.75) is 39.2 Å². The molecule has 1 heterocycles. The Morgan fingerprint density at radius 3 is 2.71 bits per heavy atom. The van der Waals surface area contributed by atoms with Crippen molar-refractivity contribution >= 4 is 28.1 Å². The molecule has 0 fully saturated rings. The smallest absolute Gasteiger partial charge is 0.311 e. The van der Waals surface area contributed by atoms with Crippen molar-refractivity contribution in [2.24, 2.45) is 0 Å². The summed E-state index contributed by atoms with van der Waals surface area (Å²) in [6, 6.07) is 14.4. The lowest BCUT2D eigenvalue weighted by Gasteiger charge is -2.20. The van der Waals surface area contributed by atoms with Gasteiger partial charge in [0.15, 0.2) is 17.5 Å². The van der Waals surface area contributed by atoms with Crippen molar-refractivity contribution in [2.75, 3.05) is 11.5 Å². The van der Waals surface area contributed by atoms with Crippen LogP contribution in [0.1, 0.15) is 34.5 Å². The molecule has 1 aliphatic rings. The van der Waals surface area contributed by atoms with Crippen LogP contribution in [0.3, 0.4) is 0 Å². The number of rotatable bonds is 7. The average molecular weight is 438 g/mol. The number of nitro groups is 1. The van der Waals surface area contributed by atoms with Crippen LogP contribution >= 0.6 is 11.3 Å². The summed E-state index contributed by atoms with van der Waals surface area (Å²) in [5.74, 6) is -0.202. The summed E-state index contributed by atoms with van der Waals surface area (Å²) in [6.45, 7) is 1.83. The van der Waals surface area contributed by atoms with Gasteiger partial charge < -0.3 is 4.74 Å². The minimum absolute atomic E-state index is 0.0852. The number of nitro benzene ring substituents is 1. The second-order valence-corrected chi connectivity index (χ2v) is 8.62. The number of benzene rings is 2. The Morgan fingerprint density at radius 1 is 1.19 bits per heavy atom. The van der Waals surface area contributed by atoms with Crippen molar-refractivity contribution in [1.29, 1.82) is 0 Å². The number of hydrogen-bond acceptors (Lipinski definition) is 6. The number of ether oxygens (including phenoxy) is 1. The van der Waals surface area contributed by atoms with Crippen LogP contribution in [0, 0.1) is 17.0 Å². The van der Waals surface area contributed by atoms with Crippen LogP contribution in [-0.2, 0) is 24.2 Å². The van der Waals surface area contributed by atoms with Gasteiger partial charge in [-0.1, -0.05) is 36.4 Å². The predicted molar refractivity (Wildman–Crippen MR) is 120 cm³/mol. The van der Waals surface area contributed by atoms with Crippen molar-refractivity contribution in [1.82, 2.24) is 4.98 Å². The minimum Gasteiger partial charge on any atom is -0.477 e. The zero-order chi connectivity index (χ0) is 21.8. The fraction of sp³-hybridized carbons (Fsp3) is 0.304. The molecule has 0 aliphatic heterocycles. The lowest BCUT2D eigenvalue weighted by molar-refractivity contribution is -0.385. The Balaban J connectivity index is 1.57. The molecule has 0 radical (unpaired) electrons. The van der Waals surface area contributed by atoms with Gasteiger partial charge in [0.05, 0.1) is 17.2 Å². The quantitative estimate of drug-likeness (QED) is 0.390. The number of aryl methyl sites for hydroxylation is 3. The number of amides is 1. The zero-order valence-electron chi connectivity index (χ0n) is 17.2. The summed E-state index contributed by atoms with van der Waals surface area (Å²) >= 11 is 1.55. The van der Waals surface area contributed by atoms with Crippen LogP contribution in [0.25, 0.3) is 0 Å². The van der Waals surface area contributed by atoms with E-state index in [-0.39, 0.29) is 24.0 Å². The van der Waals surface area contributed by atoms with E-state index >= 15 is 0 Å².